The van der Waals surface area contributed by atoms with E-state index in [1.165, 1.54) is 4.90 Å². The molecular formula is C12H19BrCl2N4O2. The molecule has 21 heavy (non-hydrogen) atoms. The van der Waals surface area contributed by atoms with Crippen LogP contribution in [0.3, 0.4) is 0 Å². The fourth-order valence-corrected chi connectivity index (χ4v) is 1.60. The number of nitrogens with zero attached hydrogens (tertiary/aromatic N) is 2. The van der Waals surface area contributed by atoms with E-state index in [2.05, 4.69) is 26.2 Å². The summed E-state index contributed by atoms with van der Waals surface area (Å²) in [6.07, 6.45) is 1.81. The molecule has 0 aliphatic carbocycles. The van der Waals surface area contributed by atoms with Crippen molar-refractivity contribution in [3.05, 3.63) is 22.8 Å². The van der Waals surface area contributed by atoms with Crippen LogP contribution in [-0.2, 0) is 9.59 Å². The molecule has 2 amide bonds. The lowest BCUT2D eigenvalue weighted by molar-refractivity contribution is -0.133. The highest BCUT2D eigenvalue weighted by Crippen LogP contribution is 2.10. The van der Waals surface area contributed by atoms with Crippen LogP contribution < -0.4 is 11.1 Å². The molecule has 1 unspecified atom stereocenters. The third-order valence-corrected chi connectivity index (χ3v) is 2.77. The molecule has 0 aromatic carbocycles. The predicted octanol–water partition coefficient (Wildman–Crippen LogP) is 1.82. The molecule has 0 bridgehead atoms. The van der Waals surface area contributed by atoms with Crippen molar-refractivity contribution in [3.8, 4) is 0 Å². The van der Waals surface area contributed by atoms with Crippen molar-refractivity contribution in [3.63, 3.8) is 0 Å². The van der Waals surface area contributed by atoms with E-state index in [1.807, 2.05) is 0 Å². The summed E-state index contributed by atoms with van der Waals surface area (Å²) in [6.45, 7) is 1.72. The number of nitrogens with one attached hydrogen (secondary N) is 1. The van der Waals surface area contributed by atoms with Crippen LogP contribution in [0.1, 0.15) is 13.3 Å². The maximum Gasteiger partial charge on any atom is 0.245 e. The first-order valence-corrected chi connectivity index (χ1v) is 6.58. The summed E-state index contributed by atoms with van der Waals surface area (Å²) in [4.78, 5) is 28.7. The van der Waals surface area contributed by atoms with Gasteiger partial charge in [-0.2, -0.15) is 0 Å². The first-order valence-electron chi connectivity index (χ1n) is 5.79. The van der Waals surface area contributed by atoms with Crippen molar-refractivity contribution in [1.82, 2.24) is 9.88 Å². The molecule has 0 fully saturated rings. The molecule has 1 atom stereocenters. The van der Waals surface area contributed by atoms with Crippen LogP contribution >= 0.6 is 40.7 Å². The van der Waals surface area contributed by atoms with Gasteiger partial charge >= 0.3 is 0 Å². The Kier molecular flexibility index (Phi) is 11.5. The van der Waals surface area contributed by atoms with Crippen LogP contribution in [0.2, 0.25) is 0 Å². The second kappa shape index (κ2) is 10.8. The summed E-state index contributed by atoms with van der Waals surface area (Å²) in [5, 5.41) is 2.61. The standard InChI is InChI=1S/C12H17BrN4O2.2ClH/c1-8(14)5-12(19)17(2)7-11(18)16-10-4-3-9(13)6-15-10;;/h3-4,6,8H,5,7,14H2,1-2H3,(H,15,16,18);2*1H. The third kappa shape index (κ3) is 8.87. The molecule has 0 saturated heterocycles. The van der Waals surface area contributed by atoms with E-state index in [0.29, 0.717) is 5.82 Å². The molecule has 1 rings (SSSR count). The number of hydrogen-bond acceptors (Lipinski definition) is 4. The second-order valence-electron chi connectivity index (χ2n) is 4.34. The molecule has 0 radical (unpaired) electrons. The maximum atomic E-state index is 11.7. The molecule has 1 heterocycles. The van der Waals surface area contributed by atoms with E-state index in [4.69, 9.17) is 5.73 Å². The van der Waals surface area contributed by atoms with Gasteiger partial charge in [0, 0.05) is 30.2 Å². The average molecular weight is 402 g/mol. The summed E-state index contributed by atoms with van der Waals surface area (Å²) in [5.74, 6) is -0.00879. The van der Waals surface area contributed by atoms with E-state index in [1.54, 1.807) is 32.3 Å². The summed E-state index contributed by atoms with van der Waals surface area (Å²) >= 11 is 3.25. The first-order chi connectivity index (χ1) is 8.88. The van der Waals surface area contributed by atoms with Gasteiger partial charge in [-0.25, -0.2) is 4.98 Å². The Hall–Kier alpha value is -0.890. The van der Waals surface area contributed by atoms with Crippen LogP contribution in [0.15, 0.2) is 22.8 Å². The van der Waals surface area contributed by atoms with E-state index < -0.39 is 0 Å². The van der Waals surface area contributed by atoms with Gasteiger partial charge in [-0.3, -0.25) is 9.59 Å². The number of aromatic nitrogens is 1. The third-order valence-electron chi connectivity index (χ3n) is 2.30. The van der Waals surface area contributed by atoms with Crippen molar-refractivity contribution < 1.29 is 9.59 Å². The normalized spacial score (nSPS) is 10.7. The van der Waals surface area contributed by atoms with Gasteiger partial charge in [-0.1, -0.05) is 0 Å². The lowest BCUT2D eigenvalue weighted by atomic mass is 10.2. The molecule has 0 saturated carbocycles. The average Bonchev–Trinajstić information content (AvgIpc) is 2.31. The Morgan fingerprint density at radius 1 is 1.43 bits per heavy atom. The molecule has 6 nitrogen and oxygen atoms in total. The second-order valence-corrected chi connectivity index (χ2v) is 5.26. The van der Waals surface area contributed by atoms with Gasteiger partial charge in [-0.05, 0) is 35.0 Å². The van der Waals surface area contributed by atoms with E-state index in [-0.39, 0.29) is 55.6 Å². The van der Waals surface area contributed by atoms with Gasteiger partial charge in [0.15, 0.2) is 0 Å². The zero-order valence-corrected chi connectivity index (χ0v) is 14.9. The number of amides is 2. The van der Waals surface area contributed by atoms with Gasteiger partial charge in [0.25, 0.3) is 0 Å². The lowest BCUT2D eigenvalue weighted by Gasteiger charge is -2.17. The quantitative estimate of drug-likeness (QED) is 0.787. The largest absolute Gasteiger partial charge is 0.336 e. The molecule has 1 aromatic rings. The molecule has 0 aliphatic heterocycles. The van der Waals surface area contributed by atoms with Crippen LogP contribution in [0.25, 0.3) is 0 Å². The number of carbonyl (C=O) groups is 2. The lowest BCUT2D eigenvalue weighted by Crippen LogP contribution is -2.37. The highest BCUT2D eigenvalue weighted by molar-refractivity contribution is 9.10. The molecule has 1 aromatic heterocycles. The van der Waals surface area contributed by atoms with E-state index in [9.17, 15) is 9.59 Å². The van der Waals surface area contributed by atoms with Gasteiger partial charge in [-0.15, -0.1) is 24.8 Å². The Labute approximate surface area is 144 Å². The van der Waals surface area contributed by atoms with Crippen molar-refractivity contribution in [2.45, 2.75) is 19.4 Å². The number of rotatable bonds is 5. The summed E-state index contributed by atoms with van der Waals surface area (Å²) in [6, 6.07) is 3.23. The number of pyridine rings is 1. The van der Waals surface area contributed by atoms with Gasteiger partial charge in [0.1, 0.15) is 5.82 Å². The fraction of sp³-hybridized carbons (Fsp3) is 0.417. The van der Waals surface area contributed by atoms with Crippen molar-refractivity contribution >= 4 is 58.4 Å². The number of likely N-dealkylation sites (N-methyl/N-ethyl adjacent to an activating group) is 1. The minimum atomic E-state index is -0.296. The number of hydrogen-bond donors (Lipinski definition) is 2. The minimum Gasteiger partial charge on any atom is -0.336 e. The summed E-state index contributed by atoms with van der Waals surface area (Å²) < 4.78 is 0.828. The molecule has 3 N–H and O–H groups in total. The Morgan fingerprint density at radius 2 is 2.05 bits per heavy atom. The monoisotopic (exact) mass is 400 g/mol. The minimum absolute atomic E-state index is 0. The maximum absolute atomic E-state index is 11.7. The van der Waals surface area contributed by atoms with Crippen LogP contribution in [0.4, 0.5) is 5.82 Å². The van der Waals surface area contributed by atoms with Crippen LogP contribution in [-0.4, -0.2) is 41.3 Å². The Morgan fingerprint density at radius 3 is 2.52 bits per heavy atom. The molecule has 9 heteroatoms. The van der Waals surface area contributed by atoms with Gasteiger partial charge in [0.05, 0.1) is 6.54 Å². The molecule has 120 valence electrons. The van der Waals surface area contributed by atoms with Crippen molar-refractivity contribution in [2.75, 3.05) is 18.9 Å². The molecular weight excluding hydrogens is 383 g/mol. The van der Waals surface area contributed by atoms with Gasteiger partial charge < -0.3 is 16.0 Å². The topological polar surface area (TPSA) is 88.3 Å². The van der Waals surface area contributed by atoms with Crippen LogP contribution in [0.5, 0.6) is 0 Å². The van der Waals surface area contributed by atoms with Crippen LogP contribution in [0, 0.1) is 0 Å². The fourth-order valence-electron chi connectivity index (χ4n) is 1.37. The number of anilines is 1. The SMILES string of the molecule is CC(N)CC(=O)N(C)CC(=O)Nc1ccc(Br)cn1.Cl.Cl. The number of nitrogens with two attached hydrogens (primary N) is 1. The van der Waals surface area contributed by atoms with Crippen molar-refractivity contribution in [2.24, 2.45) is 5.73 Å². The van der Waals surface area contributed by atoms with Crippen molar-refractivity contribution in [1.29, 1.82) is 0 Å². The molecule has 0 aliphatic rings. The summed E-state index contributed by atoms with van der Waals surface area (Å²) in [7, 11) is 1.57. The smallest absolute Gasteiger partial charge is 0.245 e. The predicted molar refractivity (Wildman–Crippen MR) is 91.0 cm³/mol. The van der Waals surface area contributed by atoms with E-state index >= 15 is 0 Å². The molecule has 0 spiro atoms. The Bertz CT molecular complexity index is 457. The number of carbonyl (C=O) groups excluding carboxylic acids is 2. The summed E-state index contributed by atoms with van der Waals surface area (Å²) in [5.41, 5.74) is 5.54. The van der Waals surface area contributed by atoms with E-state index in [0.717, 1.165) is 4.47 Å². The first kappa shape index (κ1) is 22.4. The Balaban J connectivity index is 0. The highest BCUT2D eigenvalue weighted by Gasteiger charge is 2.14. The zero-order valence-electron chi connectivity index (χ0n) is 11.7. The zero-order chi connectivity index (χ0) is 14.4. The highest BCUT2D eigenvalue weighted by atomic mass is 79.9. The van der Waals surface area contributed by atoms with Gasteiger partial charge in [0.2, 0.25) is 11.8 Å². The number of halogens is 3.